The molecule has 0 aliphatic carbocycles. The summed E-state index contributed by atoms with van der Waals surface area (Å²) in [6.07, 6.45) is 1.68. The number of aromatic amines is 1. The van der Waals surface area contributed by atoms with Gasteiger partial charge in [-0.1, -0.05) is 11.6 Å². The summed E-state index contributed by atoms with van der Waals surface area (Å²) in [6.45, 7) is 1.88. The van der Waals surface area contributed by atoms with Crippen LogP contribution < -0.4 is 11.3 Å². The summed E-state index contributed by atoms with van der Waals surface area (Å²) < 4.78 is 0. The number of anilines is 1. The lowest BCUT2D eigenvalue weighted by atomic mass is 10.1. The normalized spacial score (nSPS) is 11.1. The van der Waals surface area contributed by atoms with E-state index in [1.165, 1.54) is 11.3 Å². The first-order valence-electron chi connectivity index (χ1n) is 5.47. The average molecular weight is 293 g/mol. The molecule has 96 valence electrons. The van der Waals surface area contributed by atoms with Crippen molar-refractivity contribution in [2.45, 2.75) is 6.92 Å². The first-order chi connectivity index (χ1) is 9.06. The van der Waals surface area contributed by atoms with Crippen molar-refractivity contribution in [3.63, 3.8) is 0 Å². The number of pyridine rings is 1. The standard InChI is InChI=1S/C12H9ClN4OS/c1-5-8-10(18)16-12(14)17-11(8)19-9(5)6-2-3-7(13)15-4-6/h2-4H,1H3,(H3,14,16,17,18). The number of aryl methyl sites for hydroxylation is 1. The van der Waals surface area contributed by atoms with Gasteiger partial charge in [-0.05, 0) is 24.6 Å². The predicted molar refractivity (Wildman–Crippen MR) is 77.6 cm³/mol. The van der Waals surface area contributed by atoms with Gasteiger partial charge < -0.3 is 5.73 Å². The lowest BCUT2D eigenvalue weighted by Gasteiger charge is -1.98. The van der Waals surface area contributed by atoms with E-state index < -0.39 is 0 Å². The molecule has 0 aliphatic rings. The SMILES string of the molecule is Cc1c(-c2ccc(Cl)nc2)sc2nc(N)[nH]c(=O)c12. The van der Waals surface area contributed by atoms with E-state index >= 15 is 0 Å². The third kappa shape index (κ3) is 1.98. The van der Waals surface area contributed by atoms with Crippen LogP contribution in [0, 0.1) is 6.92 Å². The molecule has 0 atom stereocenters. The Morgan fingerprint density at radius 3 is 2.89 bits per heavy atom. The number of fused-ring (bicyclic) bond motifs is 1. The molecule has 5 nitrogen and oxygen atoms in total. The Morgan fingerprint density at radius 2 is 2.21 bits per heavy atom. The molecule has 7 heteroatoms. The second-order valence-corrected chi connectivity index (χ2v) is 5.44. The Morgan fingerprint density at radius 1 is 1.42 bits per heavy atom. The van der Waals surface area contributed by atoms with E-state index in [0.717, 1.165) is 16.0 Å². The molecule has 3 heterocycles. The first kappa shape index (κ1) is 12.1. The van der Waals surface area contributed by atoms with Gasteiger partial charge in [-0.2, -0.15) is 0 Å². The van der Waals surface area contributed by atoms with Crippen LogP contribution in [0.4, 0.5) is 5.95 Å². The van der Waals surface area contributed by atoms with Gasteiger partial charge in [0.15, 0.2) is 0 Å². The zero-order valence-corrected chi connectivity index (χ0v) is 11.5. The van der Waals surface area contributed by atoms with Crippen molar-refractivity contribution in [2.24, 2.45) is 0 Å². The predicted octanol–water partition coefficient (Wildman–Crippen LogP) is 2.59. The maximum absolute atomic E-state index is 11.9. The highest BCUT2D eigenvalue weighted by molar-refractivity contribution is 7.22. The minimum atomic E-state index is -0.218. The molecule has 0 unspecified atom stereocenters. The lowest BCUT2D eigenvalue weighted by Crippen LogP contribution is -2.10. The van der Waals surface area contributed by atoms with Gasteiger partial charge in [-0.3, -0.25) is 9.78 Å². The van der Waals surface area contributed by atoms with Gasteiger partial charge in [0.05, 0.1) is 5.39 Å². The third-order valence-corrected chi connectivity index (χ3v) is 4.27. The van der Waals surface area contributed by atoms with Crippen LogP contribution in [0.5, 0.6) is 0 Å². The molecule has 0 saturated heterocycles. The Labute approximate surface area is 117 Å². The zero-order valence-electron chi connectivity index (χ0n) is 9.90. The van der Waals surface area contributed by atoms with Gasteiger partial charge in [-0.25, -0.2) is 9.97 Å². The maximum atomic E-state index is 11.9. The maximum Gasteiger partial charge on any atom is 0.261 e. The number of H-pyrrole nitrogens is 1. The van der Waals surface area contributed by atoms with E-state index in [4.69, 9.17) is 17.3 Å². The second-order valence-electron chi connectivity index (χ2n) is 4.06. The fourth-order valence-corrected chi connectivity index (χ4v) is 3.24. The van der Waals surface area contributed by atoms with E-state index in [2.05, 4.69) is 15.0 Å². The molecule has 19 heavy (non-hydrogen) atoms. The molecule has 0 spiro atoms. The van der Waals surface area contributed by atoms with Gasteiger partial charge in [0, 0.05) is 16.6 Å². The van der Waals surface area contributed by atoms with Crippen molar-refractivity contribution in [2.75, 3.05) is 5.73 Å². The Balaban J connectivity index is 2.31. The number of nitrogens with two attached hydrogens (primary N) is 1. The number of aromatic nitrogens is 3. The highest BCUT2D eigenvalue weighted by atomic mass is 35.5. The van der Waals surface area contributed by atoms with Crippen LogP contribution in [-0.2, 0) is 0 Å². The summed E-state index contributed by atoms with van der Waals surface area (Å²) in [4.78, 5) is 24.2. The topological polar surface area (TPSA) is 84.7 Å². The number of nitrogens with one attached hydrogen (secondary N) is 1. The molecule has 3 aromatic rings. The monoisotopic (exact) mass is 292 g/mol. The summed E-state index contributed by atoms with van der Waals surface area (Å²) in [6, 6.07) is 3.58. The summed E-state index contributed by atoms with van der Waals surface area (Å²) >= 11 is 7.19. The van der Waals surface area contributed by atoms with Crippen molar-refractivity contribution >= 4 is 39.1 Å². The van der Waals surface area contributed by atoms with Crippen molar-refractivity contribution in [1.29, 1.82) is 0 Å². The van der Waals surface area contributed by atoms with E-state index in [0.29, 0.717) is 15.4 Å². The fourth-order valence-electron chi connectivity index (χ4n) is 1.95. The van der Waals surface area contributed by atoms with Gasteiger partial charge in [0.2, 0.25) is 5.95 Å². The molecule has 0 radical (unpaired) electrons. The molecular weight excluding hydrogens is 284 g/mol. The van der Waals surface area contributed by atoms with Crippen molar-refractivity contribution in [3.05, 3.63) is 39.4 Å². The number of thiophene rings is 1. The summed E-state index contributed by atoms with van der Waals surface area (Å²) in [5.74, 6) is 0.125. The second kappa shape index (κ2) is 4.32. The van der Waals surface area contributed by atoms with Crippen LogP contribution in [-0.4, -0.2) is 15.0 Å². The van der Waals surface area contributed by atoms with Crippen LogP contribution >= 0.6 is 22.9 Å². The minimum Gasteiger partial charge on any atom is -0.369 e. The molecule has 0 aromatic carbocycles. The van der Waals surface area contributed by atoms with E-state index in [1.54, 1.807) is 12.3 Å². The number of rotatable bonds is 1. The van der Waals surface area contributed by atoms with Crippen molar-refractivity contribution < 1.29 is 0 Å². The van der Waals surface area contributed by atoms with Crippen LogP contribution in [0.1, 0.15) is 5.56 Å². The molecule has 0 fully saturated rings. The highest BCUT2D eigenvalue weighted by Gasteiger charge is 2.15. The van der Waals surface area contributed by atoms with Gasteiger partial charge >= 0.3 is 0 Å². The highest BCUT2D eigenvalue weighted by Crippen LogP contribution is 2.35. The minimum absolute atomic E-state index is 0.125. The molecule has 0 bridgehead atoms. The Bertz CT molecular complexity index is 822. The number of halogens is 1. The quantitative estimate of drug-likeness (QED) is 0.675. The Kier molecular flexibility index (Phi) is 2.76. The van der Waals surface area contributed by atoms with Crippen molar-refractivity contribution in [1.82, 2.24) is 15.0 Å². The Hall–Kier alpha value is -1.92. The third-order valence-electron chi connectivity index (χ3n) is 2.81. The average Bonchev–Trinajstić information content (AvgIpc) is 2.67. The van der Waals surface area contributed by atoms with Gasteiger partial charge in [0.25, 0.3) is 5.56 Å². The van der Waals surface area contributed by atoms with Gasteiger partial charge in [-0.15, -0.1) is 11.3 Å². The smallest absolute Gasteiger partial charge is 0.261 e. The number of hydrogen-bond donors (Lipinski definition) is 2. The van der Waals surface area contributed by atoms with Crippen LogP contribution in [0.15, 0.2) is 23.1 Å². The molecule has 3 rings (SSSR count). The fraction of sp³-hybridized carbons (Fsp3) is 0.0833. The lowest BCUT2D eigenvalue weighted by molar-refractivity contribution is 1.19. The molecule has 3 N–H and O–H groups in total. The first-order valence-corrected chi connectivity index (χ1v) is 6.66. The number of nitrogen functional groups attached to an aromatic ring is 1. The largest absolute Gasteiger partial charge is 0.369 e. The van der Waals surface area contributed by atoms with Crippen molar-refractivity contribution in [3.8, 4) is 10.4 Å². The summed E-state index contributed by atoms with van der Waals surface area (Å²) in [5.41, 5.74) is 7.11. The van der Waals surface area contributed by atoms with Crippen LogP contribution in [0.2, 0.25) is 5.15 Å². The molecule has 0 saturated carbocycles. The van der Waals surface area contributed by atoms with E-state index in [1.807, 2.05) is 13.0 Å². The summed E-state index contributed by atoms with van der Waals surface area (Å²) in [5, 5.41) is 1.01. The number of nitrogens with zero attached hydrogens (tertiary/aromatic N) is 2. The molecular formula is C12H9ClN4OS. The van der Waals surface area contributed by atoms with Gasteiger partial charge in [0.1, 0.15) is 9.98 Å². The van der Waals surface area contributed by atoms with Crippen LogP contribution in [0.3, 0.4) is 0 Å². The molecule has 0 aliphatic heterocycles. The molecule has 0 amide bonds. The van der Waals surface area contributed by atoms with Crippen LogP contribution in [0.25, 0.3) is 20.7 Å². The zero-order chi connectivity index (χ0) is 13.6. The molecule has 3 aromatic heterocycles. The van der Waals surface area contributed by atoms with E-state index in [9.17, 15) is 4.79 Å². The summed E-state index contributed by atoms with van der Waals surface area (Å²) in [7, 11) is 0. The van der Waals surface area contributed by atoms with E-state index in [-0.39, 0.29) is 11.5 Å². The number of hydrogen-bond acceptors (Lipinski definition) is 5.